The summed E-state index contributed by atoms with van der Waals surface area (Å²) < 4.78 is 5.84. The fourth-order valence-corrected chi connectivity index (χ4v) is 4.65. The Labute approximate surface area is 166 Å². The lowest BCUT2D eigenvalue weighted by Crippen LogP contribution is -2.44. The third-order valence-corrected chi connectivity index (χ3v) is 6.66. The Kier molecular flexibility index (Phi) is 5.38. The molecule has 3 aromatic heterocycles. The minimum absolute atomic E-state index is 0.00128. The van der Waals surface area contributed by atoms with Gasteiger partial charge in [0.2, 0.25) is 5.89 Å². The van der Waals surface area contributed by atoms with Crippen molar-refractivity contribution in [3.8, 4) is 10.8 Å². The van der Waals surface area contributed by atoms with Gasteiger partial charge in [0.25, 0.3) is 5.91 Å². The second-order valence-electron chi connectivity index (χ2n) is 6.79. The van der Waals surface area contributed by atoms with Crippen molar-refractivity contribution >= 4 is 28.6 Å². The van der Waals surface area contributed by atoms with E-state index in [0.29, 0.717) is 5.89 Å². The number of oxazole rings is 1. The maximum absolute atomic E-state index is 12.4. The number of carbonyl (C=O) groups is 1. The molecule has 27 heavy (non-hydrogen) atoms. The number of amides is 1. The SMILES string of the molecule is Cc1ncsc1C(=O)NC1CCN(Cc2nc(-c3cccs3)oc2C)CC1. The van der Waals surface area contributed by atoms with Crippen molar-refractivity contribution in [2.45, 2.75) is 39.3 Å². The van der Waals surface area contributed by atoms with Crippen LogP contribution in [0, 0.1) is 13.8 Å². The first-order valence-electron chi connectivity index (χ1n) is 9.03. The van der Waals surface area contributed by atoms with Crippen molar-refractivity contribution in [1.82, 2.24) is 20.2 Å². The van der Waals surface area contributed by atoms with E-state index in [1.54, 1.807) is 16.8 Å². The normalized spacial score (nSPS) is 15.9. The minimum Gasteiger partial charge on any atom is -0.440 e. The Balaban J connectivity index is 1.31. The molecule has 0 spiro atoms. The number of hydrogen-bond acceptors (Lipinski definition) is 7. The molecule has 1 fully saturated rings. The Morgan fingerprint density at radius 3 is 2.81 bits per heavy atom. The summed E-state index contributed by atoms with van der Waals surface area (Å²) in [7, 11) is 0. The van der Waals surface area contributed by atoms with Crippen LogP contribution in [-0.2, 0) is 6.54 Å². The van der Waals surface area contributed by atoms with Gasteiger partial charge < -0.3 is 9.73 Å². The third kappa shape index (κ3) is 4.12. The van der Waals surface area contributed by atoms with Crippen LogP contribution in [0.1, 0.15) is 39.7 Å². The number of nitrogens with zero attached hydrogens (tertiary/aromatic N) is 3. The van der Waals surface area contributed by atoms with Crippen LogP contribution in [-0.4, -0.2) is 39.9 Å². The smallest absolute Gasteiger partial charge is 0.263 e. The van der Waals surface area contributed by atoms with E-state index in [-0.39, 0.29) is 11.9 Å². The first-order chi connectivity index (χ1) is 13.1. The summed E-state index contributed by atoms with van der Waals surface area (Å²) in [5.74, 6) is 1.59. The lowest BCUT2D eigenvalue weighted by Gasteiger charge is -2.31. The topological polar surface area (TPSA) is 71.3 Å². The lowest BCUT2D eigenvalue weighted by molar-refractivity contribution is 0.0912. The molecule has 3 aromatic rings. The van der Waals surface area contributed by atoms with E-state index in [4.69, 9.17) is 4.42 Å². The zero-order valence-electron chi connectivity index (χ0n) is 15.4. The van der Waals surface area contributed by atoms with Gasteiger partial charge in [-0.3, -0.25) is 9.69 Å². The largest absolute Gasteiger partial charge is 0.440 e. The molecule has 4 heterocycles. The minimum atomic E-state index is 0.00128. The van der Waals surface area contributed by atoms with Crippen LogP contribution in [0.4, 0.5) is 0 Å². The van der Waals surface area contributed by atoms with E-state index >= 15 is 0 Å². The van der Waals surface area contributed by atoms with Gasteiger partial charge in [-0.15, -0.1) is 22.7 Å². The molecule has 142 valence electrons. The molecule has 0 aliphatic carbocycles. The Bertz CT molecular complexity index is 908. The van der Waals surface area contributed by atoms with E-state index in [9.17, 15) is 4.79 Å². The van der Waals surface area contributed by atoms with E-state index in [1.807, 2.05) is 31.4 Å². The highest BCUT2D eigenvalue weighted by atomic mass is 32.1. The highest BCUT2D eigenvalue weighted by Gasteiger charge is 2.24. The van der Waals surface area contributed by atoms with Gasteiger partial charge in [-0.05, 0) is 38.1 Å². The fraction of sp³-hybridized carbons (Fsp3) is 0.421. The lowest BCUT2D eigenvalue weighted by atomic mass is 10.0. The maximum Gasteiger partial charge on any atom is 0.263 e. The maximum atomic E-state index is 12.4. The van der Waals surface area contributed by atoms with Gasteiger partial charge in [-0.2, -0.15) is 0 Å². The number of piperidine rings is 1. The number of carbonyl (C=O) groups excluding carboxylic acids is 1. The molecule has 0 saturated carbocycles. The summed E-state index contributed by atoms with van der Waals surface area (Å²) in [4.78, 5) is 25.3. The number of thiazole rings is 1. The predicted molar refractivity (Wildman–Crippen MR) is 107 cm³/mol. The van der Waals surface area contributed by atoms with Crippen LogP contribution in [0.3, 0.4) is 0 Å². The molecule has 6 nitrogen and oxygen atoms in total. The van der Waals surface area contributed by atoms with Crippen molar-refractivity contribution in [1.29, 1.82) is 0 Å². The quantitative estimate of drug-likeness (QED) is 0.701. The molecular formula is C19H22N4O2S2. The van der Waals surface area contributed by atoms with Crippen LogP contribution >= 0.6 is 22.7 Å². The number of hydrogen-bond donors (Lipinski definition) is 1. The first-order valence-corrected chi connectivity index (χ1v) is 10.8. The van der Waals surface area contributed by atoms with Crippen molar-refractivity contribution in [3.05, 3.63) is 45.0 Å². The van der Waals surface area contributed by atoms with Crippen molar-refractivity contribution in [3.63, 3.8) is 0 Å². The summed E-state index contributed by atoms with van der Waals surface area (Å²) in [5, 5.41) is 5.18. The molecule has 0 radical (unpaired) electrons. The Morgan fingerprint density at radius 2 is 2.15 bits per heavy atom. The van der Waals surface area contributed by atoms with Gasteiger partial charge in [0.15, 0.2) is 0 Å². The van der Waals surface area contributed by atoms with Crippen LogP contribution in [0.15, 0.2) is 27.4 Å². The number of nitrogens with one attached hydrogen (secondary N) is 1. The monoisotopic (exact) mass is 402 g/mol. The second kappa shape index (κ2) is 7.92. The van der Waals surface area contributed by atoms with Crippen LogP contribution in [0.2, 0.25) is 0 Å². The second-order valence-corrected chi connectivity index (χ2v) is 8.59. The van der Waals surface area contributed by atoms with E-state index in [1.165, 1.54) is 11.3 Å². The van der Waals surface area contributed by atoms with E-state index < -0.39 is 0 Å². The zero-order chi connectivity index (χ0) is 18.8. The summed E-state index contributed by atoms with van der Waals surface area (Å²) >= 11 is 3.04. The van der Waals surface area contributed by atoms with Crippen LogP contribution in [0.5, 0.6) is 0 Å². The van der Waals surface area contributed by atoms with E-state index in [2.05, 4.69) is 20.2 Å². The Morgan fingerprint density at radius 1 is 1.33 bits per heavy atom. The number of rotatable bonds is 5. The summed E-state index contributed by atoms with van der Waals surface area (Å²) in [5.41, 5.74) is 3.52. The standard InChI is InChI=1S/C19H22N4O2S2/c1-12-17(27-11-20-12)18(24)21-14-5-7-23(8-6-14)10-15-13(2)25-19(22-15)16-4-3-9-26-16/h3-4,9,11,14H,5-8,10H2,1-2H3,(H,21,24). The summed E-state index contributed by atoms with van der Waals surface area (Å²) in [6, 6.07) is 4.25. The average Bonchev–Trinajstić information content (AvgIpc) is 3.39. The summed E-state index contributed by atoms with van der Waals surface area (Å²) in [6.07, 6.45) is 1.89. The molecule has 1 saturated heterocycles. The van der Waals surface area contributed by atoms with Crippen LogP contribution < -0.4 is 5.32 Å². The predicted octanol–water partition coefficient (Wildman–Crippen LogP) is 3.87. The number of thiophene rings is 1. The van der Waals surface area contributed by atoms with Crippen molar-refractivity contribution < 1.29 is 9.21 Å². The molecule has 1 amide bonds. The molecule has 0 aromatic carbocycles. The zero-order valence-corrected chi connectivity index (χ0v) is 17.0. The van der Waals surface area contributed by atoms with Gasteiger partial charge in [0.1, 0.15) is 10.6 Å². The highest BCUT2D eigenvalue weighted by Crippen LogP contribution is 2.27. The first kappa shape index (κ1) is 18.3. The Hall–Kier alpha value is -2.03. The van der Waals surface area contributed by atoms with Crippen molar-refractivity contribution in [2.24, 2.45) is 0 Å². The molecule has 0 atom stereocenters. The molecule has 0 bridgehead atoms. The van der Waals surface area contributed by atoms with E-state index in [0.717, 1.165) is 59.4 Å². The number of aromatic nitrogens is 2. The fourth-order valence-electron chi connectivity index (χ4n) is 3.30. The summed E-state index contributed by atoms with van der Waals surface area (Å²) in [6.45, 7) is 6.51. The third-order valence-electron chi connectivity index (χ3n) is 4.87. The molecule has 1 aliphatic rings. The van der Waals surface area contributed by atoms with Gasteiger partial charge in [-0.25, -0.2) is 9.97 Å². The molecule has 1 N–H and O–H groups in total. The van der Waals surface area contributed by atoms with Crippen molar-refractivity contribution in [2.75, 3.05) is 13.1 Å². The van der Waals surface area contributed by atoms with Gasteiger partial charge in [0.05, 0.1) is 21.8 Å². The molecule has 8 heteroatoms. The molecular weight excluding hydrogens is 380 g/mol. The highest BCUT2D eigenvalue weighted by molar-refractivity contribution is 7.13. The molecule has 1 aliphatic heterocycles. The number of likely N-dealkylation sites (tertiary alicyclic amines) is 1. The number of aryl methyl sites for hydroxylation is 2. The molecule has 0 unspecified atom stereocenters. The average molecular weight is 403 g/mol. The van der Waals surface area contributed by atoms with Gasteiger partial charge in [-0.1, -0.05) is 6.07 Å². The van der Waals surface area contributed by atoms with Gasteiger partial charge >= 0.3 is 0 Å². The van der Waals surface area contributed by atoms with Crippen LogP contribution in [0.25, 0.3) is 10.8 Å². The molecule has 4 rings (SSSR count). The van der Waals surface area contributed by atoms with Gasteiger partial charge in [0, 0.05) is 25.7 Å².